The van der Waals surface area contributed by atoms with Crippen LogP contribution >= 0.6 is 0 Å². The molecule has 0 saturated heterocycles. The largest absolute Gasteiger partial charge is 0.308 e. The van der Waals surface area contributed by atoms with Crippen LogP contribution in [0.5, 0.6) is 0 Å². The first-order valence-corrected chi connectivity index (χ1v) is 20.0. The Kier molecular flexibility index (Phi) is 7.19. The third-order valence-corrected chi connectivity index (χ3v) is 10.9. The normalized spacial score (nSPS) is 13.1. The van der Waals surface area contributed by atoms with Crippen LogP contribution in [0.4, 0.5) is 0 Å². The number of nitrogens with zero attached hydrogens (tertiary/aromatic N) is 4. The summed E-state index contributed by atoms with van der Waals surface area (Å²) in [4.78, 5) is 15.6. The Morgan fingerprint density at radius 1 is 0.328 bits per heavy atom. The zero-order valence-electron chi connectivity index (χ0n) is 40.6. The number of fused-ring (bicyclic) bond motifs is 3. The maximum Gasteiger partial charge on any atom is 0.166 e. The van der Waals surface area contributed by atoms with Crippen molar-refractivity contribution in [3.63, 3.8) is 0 Å². The molecule has 0 fully saturated rings. The average Bonchev–Trinajstić information content (AvgIpc) is 3.78. The van der Waals surface area contributed by atoms with E-state index in [1.165, 1.54) is 0 Å². The van der Waals surface area contributed by atoms with E-state index in [4.69, 9.17) is 20.4 Å². The molecule has 0 aliphatic heterocycles. The molecule has 0 radical (unpaired) electrons. The van der Waals surface area contributed by atoms with Gasteiger partial charge in [-0.2, -0.15) is 0 Å². The van der Waals surface area contributed by atoms with Crippen molar-refractivity contribution in [3.8, 4) is 84.4 Å². The van der Waals surface area contributed by atoms with Gasteiger partial charge in [0.15, 0.2) is 17.5 Å². The van der Waals surface area contributed by atoms with E-state index in [1.807, 2.05) is 133 Å². The zero-order valence-corrected chi connectivity index (χ0v) is 32.6. The Morgan fingerprint density at radius 2 is 0.721 bits per heavy atom. The number of hydrogen-bond acceptors (Lipinski definition) is 3. The van der Waals surface area contributed by atoms with Crippen LogP contribution in [0.2, 0.25) is 0 Å². The Balaban J connectivity index is 1.29. The summed E-state index contributed by atoms with van der Waals surface area (Å²) < 4.78 is 74.1. The first-order chi connectivity index (χ1) is 33.6. The van der Waals surface area contributed by atoms with E-state index in [0.29, 0.717) is 34.0 Å². The second-order valence-corrected chi connectivity index (χ2v) is 14.6. The fourth-order valence-electron chi connectivity index (χ4n) is 8.02. The second kappa shape index (κ2) is 15.5. The van der Waals surface area contributed by atoms with Crippen LogP contribution in [0.15, 0.2) is 230 Å². The molecule has 2 heterocycles. The van der Waals surface area contributed by atoms with E-state index in [1.54, 1.807) is 10.6 Å². The molecule has 0 aliphatic carbocycles. The Labute approximate surface area is 366 Å². The molecule has 9 aromatic carbocycles. The maximum absolute atomic E-state index is 9.44. The third-order valence-electron chi connectivity index (χ3n) is 10.9. The van der Waals surface area contributed by atoms with E-state index in [-0.39, 0.29) is 27.6 Å². The zero-order chi connectivity index (χ0) is 47.5. The van der Waals surface area contributed by atoms with Crippen LogP contribution in [-0.4, -0.2) is 19.5 Å². The van der Waals surface area contributed by atoms with Gasteiger partial charge in [0, 0.05) is 21.9 Å². The summed E-state index contributed by atoms with van der Waals surface area (Å²) in [6.07, 6.45) is 0. The molecule has 286 valence electrons. The molecule has 2 aromatic heterocycles. The molecule has 11 rings (SSSR count). The number of hydrogen-bond donors (Lipinski definition) is 0. The predicted molar refractivity (Wildman–Crippen MR) is 252 cm³/mol. The monoisotopic (exact) mass is 786 g/mol. The summed E-state index contributed by atoms with van der Waals surface area (Å²) in [6.45, 7) is 0. The Morgan fingerprint density at radius 3 is 1.25 bits per heavy atom. The molecule has 0 spiro atoms. The van der Waals surface area contributed by atoms with Crippen molar-refractivity contribution in [2.45, 2.75) is 0 Å². The molecule has 0 amide bonds. The van der Waals surface area contributed by atoms with Gasteiger partial charge in [0.1, 0.15) is 0 Å². The van der Waals surface area contributed by atoms with Gasteiger partial charge in [0.25, 0.3) is 0 Å². The molecular weight excluding hydrogens is 741 g/mol. The lowest BCUT2D eigenvalue weighted by Crippen LogP contribution is -2.05. The molecule has 0 unspecified atom stereocenters. The van der Waals surface area contributed by atoms with Crippen LogP contribution in [-0.2, 0) is 0 Å². The van der Waals surface area contributed by atoms with Gasteiger partial charge in [0.2, 0.25) is 0 Å². The SMILES string of the molecule is [2H]c1c([2H])c([2H])c2c(c1[2H])c1c([2H])c([2H])c([2H])c([2H])c1n2-c1cccc(-c2cc(-c3ccccc3)cc(-c3ccccc3)c2)c1-c1nc(-c2ccccc2)nc(-c2ccc(-c3ccccc3)cc2)n1. The number of para-hydroxylation sites is 2. The minimum absolute atomic E-state index is 0.0153. The van der Waals surface area contributed by atoms with Crippen molar-refractivity contribution in [2.24, 2.45) is 0 Å². The number of benzene rings is 9. The van der Waals surface area contributed by atoms with Crippen LogP contribution < -0.4 is 0 Å². The summed E-state index contributed by atoms with van der Waals surface area (Å²) in [5.74, 6) is 0.963. The summed E-state index contributed by atoms with van der Waals surface area (Å²) in [7, 11) is 0. The van der Waals surface area contributed by atoms with Gasteiger partial charge in [0.05, 0.1) is 33.3 Å². The lowest BCUT2D eigenvalue weighted by molar-refractivity contribution is 1.06. The molecule has 0 aliphatic rings. The van der Waals surface area contributed by atoms with Gasteiger partial charge in [-0.05, 0) is 80.9 Å². The van der Waals surface area contributed by atoms with Gasteiger partial charge in [-0.3, -0.25) is 0 Å². The minimum atomic E-state index is -0.521. The standard InChI is InChI=1S/C57H38N4/c1-5-18-39(19-6-1)42-32-34-44(35-33-42)56-58-55(43-24-11-4-12-25-43)59-57(60-56)54-48(28-17-31-53(54)61-51-29-15-13-26-49(51)50-27-14-16-30-52(50)61)47-37-45(40-20-7-2-8-21-40)36-46(38-47)41-22-9-3-10-23-41/h1-38H/i13D,14D,15D,16D,26D,27D,29D,30D. The van der Waals surface area contributed by atoms with E-state index >= 15 is 0 Å². The molecule has 61 heavy (non-hydrogen) atoms. The van der Waals surface area contributed by atoms with E-state index in [2.05, 4.69) is 42.5 Å². The first-order valence-electron chi connectivity index (χ1n) is 24.0. The Bertz CT molecular complexity index is 3660. The summed E-state index contributed by atoms with van der Waals surface area (Å²) in [5, 5.41) is -0.0618. The Hall–Kier alpha value is -8.21. The average molecular weight is 787 g/mol. The molecular formula is C57H38N4. The van der Waals surface area contributed by atoms with Crippen LogP contribution in [0.3, 0.4) is 0 Å². The van der Waals surface area contributed by atoms with Gasteiger partial charge in [-0.25, -0.2) is 15.0 Å². The highest BCUT2D eigenvalue weighted by Gasteiger charge is 2.23. The topological polar surface area (TPSA) is 43.6 Å². The van der Waals surface area contributed by atoms with Crippen LogP contribution in [0.25, 0.3) is 106 Å². The number of rotatable bonds is 8. The van der Waals surface area contributed by atoms with E-state index < -0.39 is 48.3 Å². The fourth-order valence-corrected chi connectivity index (χ4v) is 8.02. The van der Waals surface area contributed by atoms with E-state index in [9.17, 15) is 5.48 Å². The van der Waals surface area contributed by atoms with E-state index in [0.717, 1.165) is 44.5 Å². The van der Waals surface area contributed by atoms with Crippen LogP contribution in [0, 0.1) is 0 Å². The van der Waals surface area contributed by atoms with Crippen molar-refractivity contribution < 1.29 is 11.0 Å². The van der Waals surface area contributed by atoms with Gasteiger partial charge in [-0.1, -0.05) is 194 Å². The molecule has 4 heteroatoms. The van der Waals surface area contributed by atoms with Crippen LogP contribution in [0.1, 0.15) is 11.0 Å². The van der Waals surface area contributed by atoms with Crippen molar-refractivity contribution in [1.29, 1.82) is 0 Å². The molecule has 0 bridgehead atoms. The quantitative estimate of drug-likeness (QED) is 0.154. The molecule has 0 N–H and O–H groups in total. The van der Waals surface area contributed by atoms with Crippen molar-refractivity contribution in [3.05, 3.63) is 230 Å². The lowest BCUT2D eigenvalue weighted by atomic mass is 9.90. The van der Waals surface area contributed by atoms with Crippen molar-refractivity contribution in [2.75, 3.05) is 0 Å². The molecule has 0 saturated carbocycles. The molecule has 4 nitrogen and oxygen atoms in total. The van der Waals surface area contributed by atoms with Crippen molar-refractivity contribution in [1.82, 2.24) is 19.5 Å². The highest BCUT2D eigenvalue weighted by Crippen LogP contribution is 2.43. The van der Waals surface area contributed by atoms with Gasteiger partial charge < -0.3 is 4.57 Å². The first kappa shape index (κ1) is 28.3. The summed E-state index contributed by atoms with van der Waals surface area (Å²) in [5.41, 5.74) is 9.48. The predicted octanol–water partition coefficient (Wildman–Crippen LogP) is 14.6. The highest BCUT2D eigenvalue weighted by molar-refractivity contribution is 6.10. The fraction of sp³-hybridized carbons (Fsp3) is 0. The molecule has 11 aromatic rings. The smallest absolute Gasteiger partial charge is 0.166 e. The van der Waals surface area contributed by atoms with Gasteiger partial charge >= 0.3 is 0 Å². The molecule has 0 atom stereocenters. The minimum Gasteiger partial charge on any atom is -0.308 e. The van der Waals surface area contributed by atoms with Crippen molar-refractivity contribution >= 4 is 21.8 Å². The van der Waals surface area contributed by atoms with Gasteiger partial charge in [-0.15, -0.1) is 0 Å². The lowest BCUT2D eigenvalue weighted by Gasteiger charge is -2.19. The highest BCUT2D eigenvalue weighted by atomic mass is 15.1. The summed E-state index contributed by atoms with van der Waals surface area (Å²) in [6, 6.07) is 55.9. The summed E-state index contributed by atoms with van der Waals surface area (Å²) >= 11 is 0. The second-order valence-electron chi connectivity index (χ2n) is 14.6. The third kappa shape index (κ3) is 6.76. The number of aromatic nitrogens is 4. The maximum atomic E-state index is 9.44.